The fourth-order valence-corrected chi connectivity index (χ4v) is 2.33. The smallest absolute Gasteiger partial charge is 0.141 e. The van der Waals surface area contributed by atoms with Crippen LogP contribution in [0.3, 0.4) is 0 Å². The average molecular weight is 295 g/mol. The predicted octanol–water partition coefficient (Wildman–Crippen LogP) is 2.21. The topological polar surface area (TPSA) is 51.4 Å². The number of rotatable bonds is 9. The molecular weight excluding hydrogens is 269 g/mol. The highest BCUT2D eigenvalue weighted by Crippen LogP contribution is 2.28. The zero-order valence-electron chi connectivity index (χ0n) is 13.0. The van der Waals surface area contributed by atoms with Crippen molar-refractivity contribution in [2.24, 2.45) is 17.6 Å². The first-order valence-electron chi connectivity index (χ1n) is 7.69. The molecule has 0 bridgehead atoms. The third-order valence-electron chi connectivity index (χ3n) is 3.97. The summed E-state index contributed by atoms with van der Waals surface area (Å²) in [7, 11) is 2.07. The lowest BCUT2D eigenvalue weighted by Gasteiger charge is -2.25. The molecule has 2 rings (SSSR count). The quantitative estimate of drug-likeness (QED) is 0.710. The summed E-state index contributed by atoms with van der Waals surface area (Å²) < 4.78 is 18.5. The van der Waals surface area contributed by atoms with Crippen LogP contribution in [-0.2, 0) is 4.74 Å². The maximum Gasteiger partial charge on any atom is 0.141 e. The van der Waals surface area contributed by atoms with Crippen LogP contribution in [0.15, 0.2) is 18.3 Å². The Bertz CT molecular complexity index is 422. The van der Waals surface area contributed by atoms with Gasteiger partial charge in [-0.2, -0.15) is 0 Å². The molecule has 0 radical (unpaired) electrons. The van der Waals surface area contributed by atoms with E-state index in [0.717, 1.165) is 37.9 Å². The molecule has 0 aliphatic heterocycles. The van der Waals surface area contributed by atoms with Gasteiger partial charge in [-0.3, -0.25) is 4.98 Å². The Hall–Kier alpha value is -1.04. The molecule has 118 valence electrons. The molecule has 1 fully saturated rings. The Morgan fingerprint density at radius 1 is 1.48 bits per heavy atom. The molecule has 4 nitrogen and oxygen atoms in total. The van der Waals surface area contributed by atoms with Crippen molar-refractivity contribution in [3.05, 3.63) is 29.8 Å². The van der Waals surface area contributed by atoms with Crippen LogP contribution in [-0.4, -0.2) is 43.2 Å². The molecule has 0 spiro atoms. The maximum absolute atomic E-state index is 12.9. The monoisotopic (exact) mass is 295 g/mol. The Balaban J connectivity index is 1.68. The van der Waals surface area contributed by atoms with E-state index in [9.17, 15) is 4.39 Å². The number of nitrogens with two attached hydrogens (primary N) is 1. The van der Waals surface area contributed by atoms with E-state index in [0.29, 0.717) is 0 Å². The highest BCUT2D eigenvalue weighted by Gasteiger charge is 2.21. The summed E-state index contributed by atoms with van der Waals surface area (Å²) in [5.74, 6) is 0.729. The van der Waals surface area contributed by atoms with Crippen molar-refractivity contribution in [3.63, 3.8) is 0 Å². The number of nitrogens with zero attached hydrogens (tertiary/aromatic N) is 2. The van der Waals surface area contributed by atoms with Crippen LogP contribution >= 0.6 is 0 Å². The highest BCUT2D eigenvalue weighted by atomic mass is 19.1. The van der Waals surface area contributed by atoms with Crippen molar-refractivity contribution in [3.8, 4) is 0 Å². The van der Waals surface area contributed by atoms with E-state index >= 15 is 0 Å². The van der Waals surface area contributed by atoms with Crippen molar-refractivity contribution in [2.75, 3.05) is 33.4 Å². The van der Waals surface area contributed by atoms with Crippen molar-refractivity contribution in [2.45, 2.75) is 25.8 Å². The van der Waals surface area contributed by atoms with Gasteiger partial charge in [0.05, 0.1) is 24.5 Å². The lowest BCUT2D eigenvalue weighted by atomic mass is 9.99. The molecule has 2 N–H and O–H groups in total. The number of pyridine rings is 1. The second-order valence-electron chi connectivity index (χ2n) is 6.18. The number of likely N-dealkylation sites (N-methyl/N-ethyl adjacent to an activating group) is 1. The van der Waals surface area contributed by atoms with Crippen LogP contribution in [0.25, 0.3) is 0 Å². The fraction of sp³-hybridized carbons (Fsp3) is 0.688. The number of hydrogen-bond donors (Lipinski definition) is 1. The minimum absolute atomic E-state index is 0.180. The van der Waals surface area contributed by atoms with Gasteiger partial charge < -0.3 is 15.4 Å². The molecule has 21 heavy (non-hydrogen) atoms. The summed E-state index contributed by atoms with van der Waals surface area (Å²) in [6.45, 7) is 5.54. The van der Waals surface area contributed by atoms with Crippen LogP contribution < -0.4 is 5.73 Å². The second kappa shape index (κ2) is 7.82. The summed E-state index contributed by atoms with van der Waals surface area (Å²) in [5.41, 5.74) is 6.94. The molecular formula is C16H26FN3O. The molecule has 1 aliphatic carbocycles. The predicted molar refractivity (Wildman–Crippen MR) is 81.3 cm³/mol. The van der Waals surface area contributed by atoms with Gasteiger partial charge >= 0.3 is 0 Å². The Labute approximate surface area is 126 Å². The normalized spacial score (nSPS) is 18.0. The molecule has 1 aromatic heterocycles. The van der Waals surface area contributed by atoms with E-state index in [1.807, 2.05) is 0 Å². The minimum atomic E-state index is -0.330. The summed E-state index contributed by atoms with van der Waals surface area (Å²) in [6.07, 6.45) is 3.87. The van der Waals surface area contributed by atoms with Crippen molar-refractivity contribution < 1.29 is 9.13 Å². The fourth-order valence-electron chi connectivity index (χ4n) is 2.33. The molecule has 0 amide bonds. The molecule has 1 aliphatic rings. The summed E-state index contributed by atoms with van der Waals surface area (Å²) >= 11 is 0. The van der Waals surface area contributed by atoms with Crippen LogP contribution in [0, 0.1) is 17.7 Å². The first-order valence-corrected chi connectivity index (χ1v) is 7.69. The standard InChI is InChI=1S/C16H26FN3O/c1-12(16(18)15-6-5-14(17)9-19-15)10-20(2)7-8-21-11-13-3-4-13/h5-6,9,12-13,16H,3-4,7-8,10-11,18H2,1-2H3. The van der Waals surface area contributed by atoms with Crippen LogP contribution in [0.2, 0.25) is 0 Å². The van der Waals surface area contributed by atoms with Gasteiger partial charge in [-0.05, 0) is 43.9 Å². The lowest BCUT2D eigenvalue weighted by Crippen LogP contribution is -2.33. The molecule has 1 heterocycles. The number of ether oxygens (including phenoxy) is 1. The number of hydrogen-bond acceptors (Lipinski definition) is 4. The van der Waals surface area contributed by atoms with Crippen molar-refractivity contribution in [1.29, 1.82) is 0 Å². The van der Waals surface area contributed by atoms with Gasteiger partial charge in [0.25, 0.3) is 0 Å². The zero-order valence-corrected chi connectivity index (χ0v) is 13.0. The third kappa shape index (κ3) is 5.69. The van der Waals surface area contributed by atoms with Gasteiger partial charge in [-0.15, -0.1) is 0 Å². The lowest BCUT2D eigenvalue weighted by molar-refractivity contribution is 0.0985. The van der Waals surface area contributed by atoms with E-state index in [4.69, 9.17) is 10.5 Å². The molecule has 0 aromatic carbocycles. The molecule has 1 aromatic rings. The number of halogens is 1. The molecule has 5 heteroatoms. The van der Waals surface area contributed by atoms with Gasteiger partial charge in [0.15, 0.2) is 0 Å². The zero-order chi connectivity index (χ0) is 15.2. The maximum atomic E-state index is 12.9. The summed E-state index contributed by atoms with van der Waals surface area (Å²) in [6, 6.07) is 2.89. The molecule has 2 atom stereocenters. The molecule has 0 saturated heterocycles. The van der Waals surface area contributed by atoms with E-state index in [1.54, 1.807) is 6.07 Å². The Morgan fingerprint density at radius 3 is 2.86 bits per heavy atom. The third-order valence-corrected chi connectivity index (χ3v) is 3.97. The average Bonchev–Trinajstić information content (AvgIpc) is 3.28. The van der Waals surface area contributed by atoms with E-state index in [2.05, 4.69) is 23.9 Å². The SMILES string of the molecule is CC(CN(C)CCOCC1CC1)C(N)c1ccc(F)cn1. The Morgan fingerprint density at radius 2 is 2.24 bits per heavy atom. The van der Waals surface area contributed by atoms with Gasteiger partial charge in [0, 0.05) is 19.7 Å². The summed E-state index contributed by atoms with van der Waals surface area (Å²) in [5, 5.41) is 0. The van der Waals surface area contributed by atoms with Gasteiger partial charge in [0.1, 0.15) is 5.82 Å². The van der Waals surface area contributed by atoms with Crippen molar-refractivity contribution >= 4 is 0 Å². The largest absolute Gasteiger partial charge is 0.380 e. The first kappa shape index (κ1) is 16.3. The van der Waals surface area contributed by atoms with Crippen LogP contribution in [0.4, 0.5) is 4.39 Å². The Kier molecular flexibility index (Phi) is 6.08. The van der Waals surface area contributed by atoms with E-state index in [-0.39, 0.29) is 17.8 Å². The second-order valence-corrected chi connectivity index (χ2v) is 6.18. The minimum Gasteiger partial charge on any atom is -0.380 e. The van der Waals surface area contributed by atoms with Gasteiger partial charge in [-0.1, -0.05) is 6.92 Å². The van der Waals surface area contributed by atoms with E-state index < -0.39 is 0 Å². The van der Waals surface area contributed by atoms with Gasteiger partial charge in [-0.25, -0.2) is 4.39 Å². The highest BCUT2D eigenvalue weighted by molar-refractivity contribution is 5.10. The van der Waals surface area contributed by atoms with Crippen LogP contribution in [0.1, 0.15) is 31.5 Å². The van der Waals surface area contributed by atoms with Crippen molar-refractivity contribution in [1.82, 2.24) is 9.88 Å². The summed E-state index contributed by atoms with van der Waals surface area (Å²) in [4.78, 5) is 6.29. The van der Waals surface area contributed by atoms with Gasteiger partial charge in [0.2, 0.25) is 0 Å². The number of aromatic nitrogens is 1. The van der Waals surface area contributed by atoms with E-state index in [1.165, 1.54) is 25.1 Å². The van der Waals surface area contributed by atoms with Crippen LogP contribution in [0.5, 0.6) is 0 Å². The molecule has 2 unspecified atom stereocenters. The first-order chi connectivity index (χ1) is 10.1. The molecule has 1 saturated carbocycles.